The average Bonchev–Trinajstić information content (AvgIpc) is 3.05. The number of fused-ring (bicyclic) bond motifs is 1. The number of aryl methyl sites for hydroxylation is 1. The summed E-state index contributed by atoms with van der Waals surface area (Å²) in [7, 11) is 3.99. The Morgan fingerprint density at radius 1 is 1.38 bits per heavy atom. The van der Waals surface area contributed by atoms with Crippen LogP contribution in [0.25, 0.3) is 10.2 Å². The number of hydrogen-bond donors (Lipinski definition) is 1. The summed E-state index contributed by atoms with van der Waals surface area (Å²) in [6, 6.07) is 1.97. The second-order valence-corrected chi connectivity index (χ2v) is 8.29. The number of carbonyl (C=O) groups is 1. The van der Waals surface area contributed by atoms with Gasteiger partial charge in [0.1, 0.15) is 4.83 Å². The third-order valence-electron chi connectivity index (χ3n) is 4.76. The number of halogens is 1. The Hall–Kier alpha value is -2.54. The number of aliphatic imine (C=N–C) groups is 1. The molecule has 7 heteroatoms. The largest absolute Gasteiger partial charge is 0.390 e. The van der Waals surface area contributed by atoms with Gasteiger partial charge in [-0.25, -0.2) is 14.4 Å². The SMILES string of the molecule is CC1/C=C(/N=CN)CC/C=C(/F)CC1.Cc1c(C=O)sc2nccc(N(C)C)c12. The number of carbonyl (C=O) groups excluding carboxylic acids is 1. The maximum atomic E-state index is 13.1. The predicted molar refractivity (Wildman–Crippen MR) is 122 cm³/mol. The molecule has 29 heavy (non-hydrogen) atoms. The van der Waals surface area contributed by atoms with Gasteiger partial charge < -0.3 is 10.6 Å². The summed E-state index contributed by atoms with van der Waals surface area (Å²) in [5, 5.41) is 1.09. The van der Waals surface area contributed by atoms with Gasteiger partial charge in [-0.1, -0.05) is 19.1 Å². The van der Waals surface area contributed by atoms with Crippen LogP contribution in [0, 0.1) is 12.8 Å². The number of hydrogen-bond acceptors (Lipinski definition) is 5. The Balaban J connectivity index is 0.000000208. The molecule has 2 heterocycles. The second-order valence-electron chi connectivity index (χ2n) is 7.26. The normalized spacial score (nSPS) is 21.1. The van der Waals surface area contributed by atoms with Crippen molar-refractivity contribution in [3.05, 3.63) is 46.4 Å². The number of pyridine rings is 1. The smallest absolute Gasteiger partial charge is 0.160 e. The molecule has 1 unspecified atom stereocenters. The summed E-state index contributed by atoms with van der Waals surface area (Å²) < 4.78 is 13.1. The lowest BCUT2D eigenvalue weighted by atomic mass is 10.0. The summed E-state index contributed by atoms with van der Waals surface area (Å²) in [5.41, 5.74) is 8.35. The first-order valence-corrected chi connectivity index (χ1v) is 10.5. The lowest BCUT2D eigenvalue weighted by Crippen LogP contribution is -2.09. The maximum absolute atomic E-state index is 13.1. The quantitative estimate of drug-likeness (QED) is 0.413. The Morgan fingerprint density at radius 2 is 2.14 bits per heavy atom. The number of nitrogens with two attached hydrogens (primary N) is 1. The van der Waals surface area contributed by atoms with Gasteiger partial charge in [0.2, 0.25) is 0 Å². The monoisotopic (exact) mass is 416 g/mol. The molecule has 2 aromatic rings. The highest BCUT2D eigenvalue weighted by atomic mass is 32.1. The van der Waals surface area contributed by atoms with Crippen LogP contribution in [0.2, 0.25) is 0 Å². The van der Waals surface area contributed by atoms with Crippen molar-refractivity contribution in [3.8, 4) is 0 Å². The first kappa shape index (κ1) is 22.7. The summed E-state index contributed by atoms with van der Waals surface area (Å²) in [4.78, 5) is 22.9. The minimum absolute atomic E-state index is 0.00299. The fraction of sp³-hybridized carbons (Fsp3) is 0.409. The fourth-order valence-electron chi connectivity index (χ4n) is 3.19. The van der Waals surface area contributed by atoms with E-state index in [1.165, 1.54) is 17.7 Å². The highest BCUT2D eigenvalue weighted by Gasteiger charge is 2.13. The van der Waals surface area contributed by atoms with Gasteiger partial charge in [0, 0.05) is 37.1 Å². The highest BCUT2D eigenvalue weighted by Crippen LogP contribution is 2.34. The van der Waals surface area contributed by atoms with E-state index in [9.17, 15) is 9.18 Å². The van der Waals surface area contributed by atoms with Gasteiger partial charge in [-0.3, -0.25) is 4.79 Å². The van der Waals surface area contributed by atoms with Crippen LogP contribution in [0.4, 0.5) is 10.1 Å². The number of thiophene rings is 1. The van der Waals surface area contributed by atoms with E-state index < -0.39 is 0 Å². The molecule has 1 aliphatic carbocycles. The van der Waals surface area contributed by atoms with Crippen molar-refractivity contribution < 1.29 is 9.18 Å². The van der Waals surface area contributed by atoms with Crippen molar-refractivity contribution in [1.29, 1.82) is 0 Å². The molecular formula is C22H29FN4OS. The molecule has 0 saturated heterocycles. The number of rotatable bonds is 3. The van der Waals surface area contributed by atoms with Crippen molar-refractivity contribution in [2.45, 2.75) is 39.5 Å². The van der Waals surface area contributed by atoms with Crippen molar-refractivity contribution in [2.24, 2.45) is 16.6 Å². The molecule has 1 aliphatic rings. The summed E-state index contributed by atoms with van der Waals surface area (Å²) in [6.07, 6.45) is 10.6. The van der Waals surface area contributed by atoms with Crippen LogP contribution in [0.1, 0.15) is 47.8 Å². The maximum Gasteiger partial charge on any atom is 0.160 e. The lowest BCUT2D eigenvalue weighted by Gasteiger charge is -2.13. The van der Waals surface area contributed by atoms with Gasteiger partial charge in [-0.2, -0.15) is 0 Å². The third kappa shape index (κ3) is 6.22. The molecule has 0 saturated carbocycles. The number of allylic oxidation sites excluding steroid dienone is 4. The van der Waals surface area contributed by atoms with E-state index in [1.54, 1.807) is 12.3 Å². The molecular weight excluding hydrogens is 387 g/mol. The van der Waals surface area contributed by atoms with Gasteiger partial charge in [-0.15, -0.1) is 11.3 Å². The molecule has 0 radical (unpaired) electrons. The van der Waals surface area contributed by atoms with Crippen LogP contribution < -0.4 is 10.6 Å². The third-order valence-corrected chi connectivity index (χ3v) is 5.88. The number of nitrogens with zero attached hydrogens (tertiary/aromatic N) is 3. The van der Waals surface area contributed by atoms with Gasteiger partial charge in [0.15, 0.2) is 6.29 Å². The highest BCUT2D eigenvalue weighted by molar-refractivity contribution is 7.20. The zero-order valence-electron chi connectivity index (χ0n) is 17.5. The van der Waals surface area contributed by atoms with Crippen LogP contribution >= 0.6 is 11.3 Å². The van der Waals surface area contributed by atoms with E-state index in [2.05, 4.69) is 23.0 Å². The topological polar surface area (TPSA) is 71.6 Å². The first-order valence-electron chi connectivity index (χ1n) is 9.67. The summed E-state index contributed by atoms with van der Waals surface area (Å²) in [5.74, 6) is 0.370. The van der Waals surface area contributed by atoms with E-state index in [4.69, 9.17) is 5.73 Å². The first-order chi connectivity index (χ1) is 13.9. The number of aldehydes is 1. The molecule has 0 aromatic carbocycles. The number of aromatic nitrogens is 1. The van der Waals surface area contributed by atoms with Crippen molar-refractivity contribution in [2.75, 3.05) is 19.0 Å². The number of anilines is 1. The summed E-state index contributed by atoms with van der Waals surface area (Å²) in [6.45, 7) is 4.04. The van der Waals surface area contributed by atoms with E-state index in [0.717, 1.165) is 51.2 Å². The molecule has 0 fully saturated rings. The van der Waals surface area contributed by atoms with Gasteiger partial charge >= 0.3 is 0 Å². The lowest BCUT2D eigenvalue weighted by molar-refractivity contribution is 0.112. The molecule has 3 rings (SSSR count). The van der Waals surface area contributed by atoms with E-state index in [-0.39, 0.29) is 5.83 Å². The van der Waals surface area contributed by atoms with Crippen molar-refractivity contribution >= 4 is 39.9 Å². The Labute approximate surface area is 175 Å². The minimum atomic E-state index is 0.00299. The summed E-state index contributed by atoms with van der Waals surface area (Å²) >= 11 is 1.45. The molecule has 5 nitrogen and oxygen atoms in total. The molecule has 0 aliphatic heterocycles. The van der Waals surface area contributed by atoms with Crippen molar-refractivity contribution in [3.63, 3.8) is 0 Å². The zero-order chi connectivity index (χ0) is 21.4. The van der Waals surface area contributed by atoms with Gasteiger partial charge in [0.25, 0.3) is 0 Å². The second kappa shape index (κ2) is 10.9. The molecule has 0 bridgehead atoms. The van der Waals surface area contributed by atoms with Crippen LogP contribution in [0.15, 0.2) is 40.9 Å². The Morgan fingerprint density at radius 3 is 2.79 bits per heavy atom. The van der Waals surface area contributed by atoms with E-state index >= 15 is 0 Å². The van der Waals surface area contributed by atoms with E-state index in [1.807, 2.05) is 32.0 Å². The van der Waals surface area contributed by atoms with Gasteiger partial charge in [0.05, 0.1) is 17.0 Å². The molecule has 0 spiro atoms. The minimum Gasteiger partial charge on any atom is -0.390 e. The van der Waals surface area contributed by atoms with Gasteiger partial charge in [-0.05, 0) is 50.2 Å². The average molecular weight is 417 g/mol. The standard InChI is InChI=1S/C11H17FN2.C11H12N2OS/c1-9-5-6-10(12)3-2-4-11(7-9)14-8-13;1-7-9(6-14)15-11-10(7)8(13(2)3)4-5-12-11/h3,7-9H,2,4-6H2,1H3,(H2,13,14);4-6H,1-3H3/b10-3+,11-7+;. The molecule has 156 valence electrons. The molecule has 0 amide bonds. The van der Waals surface area contributed by atoms with E-state index in [0.29, 0.717) is 18.8 Å². The van der Waals surface area contributed by atoms with Crippen LogP contribution in [-0.4, -0.2) is 31.7 Å². The molecule has 2 N–H and O–H groups in total. The fourth-order valence-corrected chi connectivity index (χ4v) is 4.18. The Kier molecular flexibility index (Phi) is 8.51. The zero-order valence-corrected chi connectivity index (χ0v) is 18.3. The van der Waals surface area contributed by atoms with Crippen LogP contribution in [-0.2, 0) is 0 Å². The predicted octanol–water partition coefficient (Wildman–Crippen LogP) is 5.40. The molecule has 2 aromatic heterocycles. The van der Waals surface area contributed by atoms with Crippen LogP contribution in [0.5, 0.6) is 0 Å². The molecule has 1 atom stereocenters. The van der Waals surface area contributed by atoms with Crippen molar-refractivity contribution in [1.82, 2.24) is 4.98 Å². The van der Waals surface area contributed by atoms with Crippen LogP contribution in [0.3, 0.4) is 0 Å². The Bertz CT molecular complexity index is 930.